The first-order valence-corrected chi connectivity index (χ1v) is 8.92. The second-order valence-electron chi connectivity index (χ2n) is 6.67. The van der Waals surface area contributed by atoms with Crippen molar-refractivity contribution in [1.82, 2.24) is 14.8 Å². The minimum atomic E-state index is -0.0595. The highest BCUT2D eigenvalue weighted by Gasteiger charge is 2.30. The number of nitrogens with zero attached hydrogens (tertiary/aromatic N) is 3. The number of carbonyl (C=O) groups is 1. The highest BCUT2D eigenvalue weighted by Crippen LogP contribution is 2.40. The highest BCUT2D eigenvalue weighted by atomic mass is 16.6. The fourth-order valence-corrected chi connectivity index (χ4v) is 3.63. The van der Waals surface area contributed by atoms with Gasteiger partial charge in [-0.15, -0.1) is 0 Å². The van der Waals surface area contributed by atoms with E-state index in [1.54, 1.807) is 12.4 Å². The van der Waals surface area contributed by atoms with Crippen molar-refractivity contribution in [2.45, 2.75) is 18.9 Å². The van der Waals surface area contributed by atoms with E-state index >= 15 is 0 Å². The molecule has 27 heavy (non-hydrogen) atoms. The van der Waals surface area contributed by atoms with E-state index < -0.39 is 0 Å². The molecule has 0 saturated carbocycles. The van der Waals surface area contributed by atoms with Gasteiger partial charge in [-0.1, -0.05) is 6.07 Å². The molecule has 1 atom stereocenters. The van der Waals surface area contributed by atoms with E-state index in [1.165, 1.54) is 0 Å². The lowest BCUT2D eigenvalue weighted by molar-refractivity contribution is -0.116. The number of hydrogen-bond acceptors (Lipinski definition) is 5. The molecule has 2 aliphatic rings. The van der Waals surface area contributed by atoms with Crippen LogP contribution in [0.2, 0.25) is 0 Å². The smallest absolute Gasteiger partial charge is 0.226 e. The fourth-order valence-electron chi connectivity index (χ4n) is 3.63. The van der Waals surface area contributed by atoms with Crippen LogP contribution in [-0.4, -0.2) is 33.9 Å². The maximum atomic E-state index is 12.4. The summed E-state index contributed by atoms with van der Waals surface area (Å²) in [7, 11) is 0. The van der Waals surface area contributed by atoms with Crippen LogP contribution in [0.15, 0.2) is 48.9 Å². The van der Waals surface area contributed by atoms with Gasteiger partial charge in [0.25, 0.3) is 0 Å². The maximum Gasteiger partial charge on any atom is 0.226 e. The lowest BCUT2D eigenvalue weighted by atomic mass is 9.87. The van der Waals surface area contributed by atoms with Gasteiger partial charge < -0.3 is 14.8 Å². The second kappa shape index (κ2) is 6.42. The Bertz CT molecular complexity index is 1000. The lowest BCUT2D eigenvalue weighted by Crippen LogP contribution is -2.25. The fraction of sp³-hybridized carbons (Fsp3) is 0.250. The van der Waals surface area contributed by atoms with Crippen molar-refractivity contribution in [2.75, 3.05) is 18.5 Å². The molecule has 1 amide bonds. The Hall–Kier alpha value is -3.35. The van der Waals surface area contributed by atoms with Gasteiger partial charge in [-0.05, 0) is 35.4 Å². The molecule has 0 unspecified atom stereocenters. The van der Waals surface area contributed by atoms with E-state index in [-0.39, 0.29) is 11.8 Å². The van der Waals surface area contributed by atoms with Crippen LogP contribution in [-0.2, 0) is 11.3 Å². The summed E-state index contributed by atoms with van der Waals surface area (Å²) in [6, 6.07) is 9.77. The Balaban J connectivity index is 1.51. The number of ether oxygens (including phenoxy) is 2. The van der Waals surface area contributed by atoms with Crippen molar-refractivity contribution in [2.24, 2.45) is 0 Å². The molecule has 4 heterocycles. The molecule has 0 radical (unpaired) electrons. The third-order valence-electron chi connectivity index (χ3n) is 4.94. The Morgan fingerprint density at radius 2 is 1.93 bits per heavy atom. The first-order valence-electron chi connectivity index (χ1n) is 8.92. The zero-order valence-corrected chi connectivity index (χ0v) is 14.6. The number of anilines is 1. The SMILES string of the molecule is O=C1C[C@@H](c2ccc3c(c2)OCCO3)c2cnn(Cc3ccncc3)c2N1. The number of pyridine rings is 1. The van der Waals surface area contributed by atoms with Crippen LogP contribution in [0, 0.1) is 0 Å². The van der Waals surface area contributed by atoms with Crippen LogP contribution in [0.25, 0.3) is 0 Å². The standard InChI is InChI=1S/C20H18N4O3/c25-19-10-15(14-1-2-17-18(9-14)27-8-7-26-17)16-11-22-24(20(16)23-19)12-13-3-5-21-6-4-13/h1-6,9,11,15H,7-8,10,12H2,(H,23,25)/t15-/m0/s1. The van der Waals surface area contributed by atoms with Crippen molar-refractivity contribution >= 4 is 11.7 Å². The quantitative estimate of drug-likeness (QED) is 0.775. The number of aromatic nitrogens is 3. The number of carbonyl (C=O) groups excluding carboxylic acids is 1. The largest absolute Gasteiger partial charge is 0.486 e. The molecule has 0 fully saturated rings. The summed E-state index contributed by atoms with van der Waals surface area (Å²) in [6.45, 7) is 1.67. The van der Waals surface area contributed by atoms with Crippen molar-refractivity contribution in [1.29, 1.82) is 0 Å². The first-order chi connectivity index (χ1) is 13.3. The molecular formula is C20H18N4O3. The zero-order valence-electron chi connectivity index (χ0n) is 14.6. The predicted molar refractivity (Wildman–Crippen MR) is 98.1 cm³/mol. The van der Waals surface area contributed by atoms with Gasteiger partial charge >= 0.3 is 0 Å². The van der Waals surface area contributed by atoms with Gasteiger partial charge in [0.2, 0.25) is 5.91 Å². The average Bonchev–Trinajstić information content (AvgIpc) is 3.10. The molecule has 0 spiro atoms. The molecule has 1 N–H and O–H groups in total. The summed E-state index contributed by atoms with van der Waals surface area (Å²) in [4.78, 5) is 16.4. The third-order valence-corrected chi connectivity index (χ3v) is 4.94. The summed E-state index contributed by atoms with van der Waals surface area (Å²) in [6.07, 6.45) is 5.73. The molecule has 2 aromatic heterocycles. The topological polar surface area (TPSA) is 78.3 Å². The average molecular weight is 362 g/mol. The van der Waals surface area contributed by atoms with E-state index in [4.69, 9.17) is 9.47 Å². The van der Waals surface area contributed by atoms with Gasteiger partial charge in [-0.3, -0.25) is 9.78 Å². The first kappa shape index (κ1) is 15.9. The van der Waals surface area contributed by atoms with Gasteiger partial charge in [-0.25, -0.2) is 4.68 Å². The molecule has 7 heteroatoms. The van der Waals surface area contributed by atoms with Crippen LogP contribution in [0.3, 0.4) is 0 Å². The molecule has 1 aromatic carbocycles. The van der Waals surface area contributed by atoms with Crippen molar-refractivity contribution in [3.63, 3.8) is 0 Å². The summed E-state index contributed by atoms with van der Waals surface area (Å²) < 4.78 is 13.1. The number of rotatable bonds is 3. The lowest BCUT2D eigenvalue weighted by Gasteiger charge is -2.25. The summed E-state index contributed by atoms with van der Waals surface area (Å²) >= 11 is 0. The molecule has 136 valence electrons. The van der Waals surface area contributed by atoms with E-state index in [0.29, 0.717) is 26.2 Å². The van der Waals surface area contributed by atoms with Gasteiger partial charge in [-0.2, -0.15) is 5.10 Å². The number of fused-ring (bicyclic) bond motifs is 2. The minimum Gasteiger partial charge on any atom is -0.486 e. The van der Waals surface area contributed by atoms with Gasteiger partial charge in [0.1, 0.15) is 19.0 Å². The van der Waals surface area contributed by atoms with Gasteiger partial charge in [0.05, 0.1) is 12.7 Å². The third kappa shape index (κ3) is 2.91. The summed E-state index contributed by atoms with van der Waals surface area (Å²) in [5, 5.41) is 7.50. The molecule has 3 aromatic rings. The van der Waals surface area contributed by atoms with E-state index in [1.807, 2.05) is 41.2 Å². The molecule has 0 bridgehead atoms. The van der Waals surface area contributed by atoms with Crippen molar-refractivity contribution in [3.8, 4) is 11.5 Å². The number of nitrogens with one attached hydrogen (secondary N) is 1. The molecule has 2 aliphatic heterocycles. The number of benzene rings is 1. The van der Waals surface area contributed by atoms with Crippen molar-refractivity contribution in [3.05, 3.63) is 65.6 Å². The minimum absolute atomic E-state index is 0.0149. The second-order valence-corrected chi connectivity index (χ2v) is 6.67. The van der Waals surface area contributed by atoms with Crippen LogP contribution in [0.4, 0.5) is 5.82 Å². The maximum absolute atomic E-state index is 12.4. The number of amides is 1. The Morgan fingerprint density at radius 3 is 2.78 bits per heavy atom. The normalized spacial score (nSPS) is 17.9. The van der Waals surface area contributed by atoms with Gasteiger partial charge in [0, 0.05) is 30.3 Å². The monoisotopic (exact) mass is 362 g/mol. The Kier molecular flexibility index (Phi) is 3.78. The summed E-state index contributed by atoms with van der Waals surface area (Å²) in [5.41, 5.74) is 3.12. The molecule has 7 nitrogen and oxygen atoms in total. The van der Waals surface area contributed by atoms with Crippen molar-refractivity contribution < 1.29 is 14.3 Å². The van der Waals surface area contributed by atoms with E-state index in [0.717, 1.165) is 34.0 Å². The Labute approximate surface area is 155 Å². The molecular weight excluding hydrogens is 344 g/mol. The van der Waals surface area contributed by atoms with Crippen LogP contribution in [0.1, 0.15) is 29.0 Å². The molecule has 0 saturated heterocycles. The van der Waals surface area contributed by atoms with Crippen LogP contribution < -0.4 is 14.8 Å². The summed E-state index contributed by atoms with van der Waals surface area (Å²) in [5.74, 6) is 2.16. The number of hydrogen-bond donors (Lipinski definition) is 1. The van der Waals surface area contributed by atoms with E-state index in [9.17, 15) is 4.79 Å². The van der Waals surface area contributed by atoms with E-state index in [2.05, 4.69) is 15.4 Å². The predicted octanol–water partition coefficient (Wildman–Crippen LogP) is 2.57. The van der Waals surface area contributed by atoms with Gasteiger partial charge in [0.15, 0.2) is 11.5 Å². The van der Waals surface area contributed by atoms with Crippen LogP contribution in [0.5, 0.6) is 11.5 Å². The zero-order chi connectivity index (χ0) is 18.2. The molecule has 5 rings (SSSR count). The van der Waals surface area contributed by atoms with Crippen LogP contribution >= 0.6 is 0 Å². The molecule has 0 aliphatic carbocycles. The highest BCUT2D eigenvalue weighted by molar-refractivity contribution is 5.94. The Morgan fingerprint density at radius 1 is 1.11 bits per heavy atom.